The molecule has 0 spiro atoms. The molecule has 0 aliphatic carbocycles. The zero-order valence-electron chi connectivity index (χ0n) is 11.0. The largest absolute Gasteiger partial charge is 0.493 e. The zero-order valence-corrected chi connectivity index (χ0v) is 12.5. The van der Waals surface area contributed by atoms with E-state index in [1.807, 2.05) is 0 Å². The van der Waals surface area contributed by atoms with Crippen molar-refractivity contribution in [3.63, 3.8) is 0 Å². The average molecular weight is 329 g/mol. The molecule has 1 aliphatic rings. The summed E-state index contributed by atoms with van der Waals surface area (Å²) in [6, 6.07) is 3.53. The molecular weight excluding hydrogens is 312 g/mol. The van der Waals surface area contributed by atoms with Gasteiger partial charge >= 0.3 is 0 Å². The summed E-state index contributed by atoms with van der Waals surface area (Å²) in [6.07, 6.45) is 0.872. The van der Waals surface area contributed by atoms with Crippen LogP contribution in [0.2, 0.25) is 0 Å². The maximum atomic E-state index is 12.1. The van der Waals surface area contributed by atoms with Crippen molar-refractivity contribution in [2.24, 2.45) is 5.92 Å². The lowest BCUT2D eigenvalue weighted by atomic mass is 10.1. The first-order chi connectivity index (χ1) is 9.15. The summed E-state index contributed by atoms with van der Waals surface area (Å²) in [4.78, 5) is 12.1. The molecule has 0 radical (unpaired) electrons. The van der Waals surface area contributed by atoms with E-state index in [-0.39, 0.29) is 11.8 Å². The molecule has 1 aromatic rings. The molecule has 5 nitrogen and oxygen atoms in total. The Morgan fingerprint density at radius 3 is 2.63 bits per heavy atom. The normalized spacial score (nSPS) is 18.2. The van der Waals surface area contributed by atoms with E-state index in [9.17, 15) is 4.79 Å². The van der Waals surface area contributed by atoms with E-state index in [1.54, 1.807) is 26.4 Å². The van der Waals surface area contributed by atoms with Crippen LogP contribution in [0.5, 0.6) is 11.5 Å². The standard InChI is InChI=1S/C13H17BrN2O3/c1-18-11-5-9(14)10(6-12(11)19-2)16-13(17)8-3-4-15-7-8/h5-6,8,15H,3-4,7H2,1-2H3,(H,16,17). The molecule has 0 saturated carbocycles. The number of hydrogen-bond donors (Lipinski definition) is 2. The van der Waals surface area contributed by atoms with Crippen LogP contribution in [-0.2, 0) is 4.79 Å². The Balaban J connectivity index is 2.17. The summed E-state index contributed by atoms with van der Waals surface area (Å²) >= 11 is 3.42. The van der Waals surface area contributed by atoms with E-state index < -0.39 is 0 Å². The van der Waals surface area contributed by atoms with Gasteiger partial charge in [0.05, 0.1) is 25.8 Å². The summed E-state index contributed by atoms with van der Waals surface area (Å²) < 4.78 is 11.2. The van der Waals surface area contributed by atoms with Crippen molar-refractivity contribution in [1.82, 2.24) is 5.32 Å². The van der Waals surface area contributed by atoms with Gasteiger partial charge in [-0.25, -0.2) is 0 Å². The first-order valence-corrected chi connectivity index (χ1v) is 6.88. The van der Waals surface area contributed by atoms with Crippen LogP contribution in [0.4, 0.5) is 5.69 Å². The fourth-order valence-corrected chi connectivity index (χ4v) is 2.48. The molecule has 1 fully saturated rings. The zero-order chi connectivity index (χ0) is 13.8. The summed E-state index contributed by atoms with van der Waals surface area (Å²) in [5, 5.41) is 6.09. The molecular formula is C13H17BrN2O3. The summed E-state index contributed by atoms with van der Waals surface area (Å²) in [5.74, 6) is 1.26. The third-order valence-corrected chi connectivity index (χ3v) is 3.82. The highest BCUT2D eigenvalue weighted by Gasteiger charge is 2.23. The number of hydrogen-bond acceptors (Lipinski definition) is 4. The van der Waals surface area contributed by atoms with Gasteiger partial charge < -0.3 is 20.1 Å². The van der Waals surface area contributed by atoms with Crippen LogP contribution in [0.15, 0.2) is 16.6 Å². The Labute approximate surface area is 120 Å². The third kappa shape index (κ3) is 3.19. The lowest BCUT2D eigenvalue weighted by molar-refractivity contribution is -0.119. The van der Waals surface area contributed by atoms with E-state index in [4.69, 9.17) is 9.47 Å². The van der Waals surface area contributed by atoms with Gasteiger partial charge in [-0.2, -0.15) is 0 Å². The number of halogens is 1. The molecule has 1 atom stereocenters. The molecule has 1 aliphatic heterocycles. The van der Waals surface area contributed by atoms with Gasteiger partial charge in [-0.1, -0.05) is 0 Å². The van der Waals surface area contributed by atoms with Crippen molar-refractivity contribution in [1.29, 1.82) is 0 Å². The van der Waals surface area contributed by atoms with Crippen molar-refractivity contribution in [2.45, 2.75) is 6.42 Å². The molecule has 0 bridgehead atoms. The van der Waals surface area contributed by atoms with E-state index in [1.165, 1.54) is 0 Å². The van der Waals surface area contributed by atoms with Crippen LogP contribution in [-0.4, -0.2) is 33.2 Å². The molecule has 104 valence electrons. The molecule has 1 saturated heterocycles. The van der Waals surface area contributed by atoms with E-state index in [2.05, 4.69) is 26.6 Å². The minimum absolute atomic E-state index is 0.0259. The third-order valence-electron chi connectivity index (χ3n) is 3.16. The molecule has 6 heteroatoms. The predicted molar refractivity (Wildman–Crippen MR) is 76.9 cm³/mol. The number of carbonyl (C=O) groups excluding carboxylic acids is 1. The summed E-state index contributed by atoms with van der Waals surface area (Å²) in [7, 11) is 3.14. The summed E-state index contributed by atoms with van der Waals surface area (Å²) in [5.41, 5.74) is 0.689. The second-order valence-electron chi connectivity index (χ2n) is 4.37. The minimum atomic E-state index is 0.0259. The van der Waals surface area contributed by atoms with Crippen LogP contribution in [0, 0.1) is 5.92 Å². The second-order valence-corrected chi connectivity index (χ2v) is 5.22. The van der Waals surface area contributed by atoms with Gasteiger partial charge in [-0.15, -0.1) is 0 Å². The first kappa shape index (κ1) is 14.1. The Hall–Kier alpha value is -1.27. The number of nitrogens with one attached hydrogen (secondary N) is 2. The molecule has 2 rings (SSSR count). The van der Waals surface area contributed by atoms with Crippen molar-refractivity contribution in [3.8, 4) is 11.5 Å². The van der Waals surface area contributed by atoms with Crippen molar-refractivity contribution < 1.29 is 14.3 Å². The van der Waals surface area contributed by atoms with Crippen LogP contribution < -0.4 is 20.1 Å². The van der Waals surface area contributed by atoms with Gasteiger partial charge in [-0.05, 0) is 28.9 Å². The number of methoxy groups -OCH3 is 2. The number of carbonyl (C=O) groups is 1. The van der Waals surface area contributed by atoms with Crippen LogP contribution in [0.1, 0.15) is 6.42 Å². The Kier molecular flexibility index (Phi) is 4.66. The quantitative estimate of drug-likeness (QED) is 0.887. The second kappa shape index (κ2) is 6.25. The molecule has 1 amide bonds. The highest BCUT2D eigenvalue weighted by molar-refractivity contribution is 9.10. The monoisotopic (exact) mass is 328 g/mol. The van der Waals surface area contributed by atoms with Crippen molar-refractivity contribution >= 4 is 27.5 Å². The summed E-state index contributed by atoms with van der Waals surface area (Å²) in [6.45, 7) is 1.63. The number of amides is 1. The Morgan fingerprint density at radius 2 is 2.05 bits per heavy atom. The van der Waals surface area contributed by atoms with Crippen LogP contribution in [0.25, 0.3) is 0 Å². The number of anilines is 1. The molecule has 0 aromatic heterocycles. The highest BCUT2D eigenvalue weighted by atomic mass is 79.9. The molecule has 1 heterocycles. The lowest BCUT2D eigenvalue weighted by Crippen LogP contribution is -2.24. The van der Waals surface area contributed by atoms with Gasteiger partial charge in [0, 0.05) is 23.2 Å². The maximum Gasteiger partial charge on any atom is 0.228 e. The van der Waals surface area contributed by atoms with Crippen molar-refractivity contribution in [3.05, 3.63) is 16.6 Å². The minimum Gasteiger partial charge on any atom is -0.493 e. The van der Waals surface area contributed by atoms with Gasteiger partial charge in [0.2, 0.25) is 5.91 Å². The van der Waals surface area contributed by atoms with Crippen LogP contribution in [0.3, 0.4) is 0 Å². The van der Waals surface area contributed by atoms with Gasteiger partial charge in [0.1, 0.15) is 0 Å². The molecule has 1 aromatic carbocycles. The fraction of sp³-hybridized carbons (Fsp3) is 0.462. The fourth-order valence-electron chi connectivity index (χ4n) is 2.06. The predicted octanol–water partition coefficient (Wildman–Crippen LogP) is 2.01. The molecule has 1 unspecified atom stereocenters. The van der Waals surface area contributed by atoms with E-state index in [0.717, 1.165) is 24.0 Å². The maximum absolute atomic E-state index is 12.1. The SMILES string of the molecule is COc1cc(Br)c(NC(=O)C2CCNC2)cc1OC. The number of benzene rings is 1. The van der Waals surface area contributed by atoms with Gasteiger partial charge in [0.25, 0.3) is 0 Å². The number of ether oxygens (including phenoxy) is 2. The van der Waals surface area contributed by atoms with Gasteiger partial charge in [-0.3, -0.25) is 4.79 Å². The topological polar surface area (TPSA) is 59.6 Å². The van der Waals surface area contributed by atoms with Crippen LogP contribution >= 0.6 is 15.9 Å². The van der Waals surface area contributed by atoms with E-state index >= 15 is 0 Å². The smallest absolute Gasteiger partial charge is 0.228 e. The van der Waals surface area contributed by atoms with Crippen molar-refractivity contribution in [2.75, 3.05) is 32.6 Å². The number of rotatable bonds is 4. The Morgan fingerprint density at radius 1 is 1.37 bits per heavy atom. The first-order valence-electron chi connectivity index (χ1n) is 6.08. The highest BCUT2D eigenvalue weighted by Crippen LogP contribution is 2.36. The lowest BCUT2D eigenvalue weighted by Gasteiger charge is -2.14. The Bertz CT molecular complexity index is 473. The molecule has 19 heavy (non-hydrogen) atoms. The average Bonchev–Trinajstić information content (AvgIpc) is 2.94. The van der Waals surface area contributed by atoms with Gasteiger partial charge in [0.15, 0.2) is 11.5 Å². The van der Waals surface area contributed by atoms with E-state index in [0.29, 0.717) is 17.2 Å². The molecule has 2 N–H and O–H groups in total.